The first-order valence-electron chi connectivity index (χ1n) is 9.87. The lowest BCUT2D eigenvalue weighted by Crippen LogP contribution is -2.38. The molecule has 4 heterocycles. The Morgan fingerprint density at radius 1 is 1.13 bits per heavy atom. The van der Waals surface area contributed by atoms with Crippen molar-refractivity contribution in [1.29, 1.82) is 0 Å². The molecule has 0 amide bonds. The van der Waals surface area contributed by atoms with Crippen LogP contribution in [0.5, 0.6) is 0 Å². The predicted molar refractivity (Wildman–Crippen MR) is 114 cm³/mol. The molecule has 4 aromatic rings. The SMILES string of the molecule is O=c1[nH]ccc2nc(N[C@@H]3CCCNC3)nc(Nc3cccc(-n4nccn4)c3)c12. The van der Waals surface area contributed by atoms with Gasteiger partial charge in [0.2, 0.25) is 5.95 Å². The van der Waals surface area contributed by atoms with Crippen molar-refractivity contribution in [3.63, 3.8) is 0 Å². The summed E-state index contributed by atoms with van der Waals surface area (Å²) in [6.07, 6.45) is 6.98. The number of aromatic amines is 1. The molecule has 0 saturated carbocycles. The third kappa shape index (κ3) is 3.72. The van der Waals surface area contributed by atoms with Crippen molar-refractivity contribution in [2.75, 3.05) is 23.7 Å². The maximum atomic E-state index is 12.5. The minimum atomic E-state index is -0.245. The number of aromatic nitrogens is 6. The highest BCUT2D eigenvalue weighted by Gasteiger charge is 2.17. The maximum Gasteiger partial charge on any atom is 0.261 e. The molecule has 10 heteroatoms. The van der Waals surface area contributed by atoms with Crippen molar-refractivity contribution in [2.45, 2.75) is 18.9 Å². The van der Waals surface area contributed by atoms with Gasteiger partial charge in [-0.15, -0.1) is 0 Å². The summed E-state index contributed by atoms with van der Waals surface area (Å²) in [6.45, 7) is 1.89. The number of pyridine rings is 1. The summed E-state index contributed by atoms with van der Waals surface area (Å²) in [5.41, 5.74) is 1.89. The number of hydrogen-bond donors (Lipinski definition) is 4. The molecule has 30 heavy (non-hydrogen) atoms. The van der Waals surface area contributed by atoms with E-state index in [2.05, 4.69) is 41.1 Å². The quantitative estimate of drug-likeness (QED) is 0.398. The van der Waals surface area contributed by atoms with Crippen LogP contribution in [0.2, 0.25) is 0 Å². The van der Waals surface area contributed by atoms with Gasteiger partial charge in [-0.05, 0) is 43.7 Å². The summed E-state index contributed by atoms with van der Waals surface area (Å²) < 4.78 is 0. The molecule has 1 fully saturated rings. The minimum absolute atomic E-state index is 0.245. The molecule has 1 saturated heterocycles. The fraction of sp³-hybridized carbons (Fsp3) is 0.250. The van der Waals surface area contributed by atoms with E-state index in [0.717, 1.165) is 37.3 Å². The first kappa shape index (κ1) is 18.3. The number of nitrogens with one attached hydrogen (secondary N) is 4. The van der Waals surface area contributed by atoms with Crippen LogP contribution in [-0.4, -0.2) is 49.1 Å². The molecule has 0 unspecified atom stereocenters. The van der Waals surface area contributed by atoms with E-state index >= 15 is 0 Å². The number of rotatable bonds is 5. The lowest BCUT2D eigenvalue weighted by atomic mass is 10.1. The number of H-pyrrole nitrogens is 1. The van der Waals surface area contributed by atoms with Gasteiger partial charge in [-0.2, -0.15) is 20.0 Å². The molecular formula is C20H21N9O. The average Bonchev–Trinajstić information content (AvgIpc) is 3.30. The van der Waals surface area contributed by atoms with Crippen LogP contribution in [0.25, 0.3) is 16.6 Å². The summed E-state index contributed by atoms with van der Waals surface area (Å²) in [7, 11) is 0. The second-order valence-corrected chi connectivity index (χ2v) is 7.14. The lowest BCUT2D eigenvalue weighted by Gasteiger charge is -2.24. The third-order valence-corrected chi connectivity index (χ3v) is 5.01. The van der Waals surface area contributed by atoms with Crippen LogP contribution in [0.15, 0.2) is 53.7 Å². The zero-order chi connectivity index (χ0) is 20.3. The molecule has 1 aromatic carbocycles. The molecule has 0 radical (unpaired) electrons. The van der Waals surface area contributed by atoms with Crippen LogP contribution in [0.4, 0.5) is 17.5 Å². The second kappa shape index (κ2) is 7.91. The van der Waals surface area contributed by atoms with E-state index in [1.165, 1.54) is 4.80 Å². The number of benzene rings is 1. The number of nitrogens with zero attached hydrogens (tertiary/aromatic N) is 5. The second-order valence-electron chi connectivity index (χ2n) is 7.14. The Hall–Kier alpha value is -3.79. The van der Waals surface area contributed by atoms with E-state index in [1.54, 1.807) is 24.7 Å². The van der Waals surface area contributed by atoms with Crippen LogP contribution in [0, 0.1) is 0 Å². The minimum Gasteiger partial charge on any atom is -0.350 e. The normalized spacial score (nSPS) is 16.5. The van der Waals surface area contributed by atoms with Gasteiger partial charge in [0.25, 0.3) is 5.56 Å². The first-order chi connectivity index (χ1) is 14.8. The van der Waals surface area contributed by atoms with Gasteiger partial charge in [-0.1, -0.05) is 6.07 Å². The van der Waals surface area contributed by atoms with Gasteiger partial charge in [0.1, 0.15) is 11.2 Å². The van der Waals surface area contributed by atoms with E-state index in [-0.39, 0.29) is 11.6 Å². The van der Waals surface area contributed by atoms with Gasteiger partial charge in [-0.3, -0.25) is 4.79 Å². The molecule has 1 aliphatic heterocycles. The van der Waals surface area contributed by atoms with E-state index in [9.17, 15) is 4.79 Å². The Balaban J connectivity index is 1.52. The lowest BCUT2D eigenvalue weighted by molar-refractivity contribution is 0.478. The number of hydrogen-bond acceptors (Lipinski definition) is 8. The Kier molecular flexibility index (Phi) is 4.81. The smallest absolute Gasteiger partial charge is 0.261 e. The Bertz CT molecular complexity index is 1210. The molecular weight excluding hydrogens is 382 g/mol. The van der Waals surface area contributed by atoms with Crippen molar-refractivity contribution >= 4 is 28.4 Å². The molecule has 10 nitrogen and oxygen atoms in total. The molecule has 5 rings (SSSR count). The molecule has 1 atom stereocenters. The highest BCUT2D eigenvalue weighted by Crippen LogP contribution is 2.24. The van der Waals surface area contributed by atoms with Gasteiger partial charge in [-0.25, -0.2) is 4.98 Å². The fourth-order valence-electron chi connectivity index (χ4n) is 3.60. The molecule has 4 N–H and O–H groups in total. The summed E-state index contributed by atoms with van der Waals surface area (Å²) >= 11 is 0. The Morgan fingerprint density at radius 2 is 2.03 bits per heavy atom. The molecule has 3 aromatic heterocycles. The molecule has 152 valence electrons. The van der Waals surface area contributed by atoms with Gasteiger partial charge < -0.3 is 20.9 Å². The van der Waals surface area contributed by atoms with Crippen molar-refractivity contribution < 1.29 is 0 Å². The Labute approximate surface area is 171 Å². The van der Waals surface area contributed by atoms with Crippen molar-refractivity contribution in [3.05, 3.63) is 59.3 Å². The fourth-order valence-corrected chi connectivity index (χ4v) is 3.60. The van der Waals surface area contributed by atoms with Gasteiger partial charge in [0.05, 0.1) is 23.6 Å². The van der Waals surface area contributed by atoms with Crippen LogP contribution in [0.3, 0.4) is 0 Å². The molecule has 1 aliphatic rings. The molecule has 0 spiro atoms. The van der Waals surface area contributed by atoms with E-state index in [4.69, 9.17) is 0 Å². The average molecular weight is 403 g/mol. The molecule has 0 aliphatic carbocycles. The van der Waals surface area contributed by atoms with Crippen LogP contribution in [-0.2, 0) is 0 Å². The highest BCUT2D eigenvalue weighted by atomic mass is 16.1. The van der Waals surface area contributed by atoms with Gasteiger partial charge >= 0.3 is 0 Å². The van der Waals surface area contributed by atoms with Gasteiger partial charge in [0.15, 0.2) is 0 Å². The monoisotopic (exact) mass is 403 g/mol. The first-order valence-corrected chi connectivity index (χ1v) is 9.87. The summed E-state index contributed by atoms with van der Waals surface area (Å²) in [6, 6.07) is 9.61. The third-order valence-electron chi connectivity index (χ3n) is 5.01. The maximum absolute atomic E-state index is 12.5. The largest absolute Gasteiger partial charge is 0.350 e. The Morgan fingerprint density at radius 3 is 2.87 bits per heavy atom. The zero-order valence-electron chi connectivity index (χ0n) is 16.2. The summed E-state index contributed by atoms with van der Waals surface area (Å²) in [4.78, 5) is 25.9. The predicted octanol–water partition coefficient (Wildman–Crippen LogP) is 1.81. The van der Waals surface area contributed by atoms with Crippen LogP contribution < -0.4 is 21.5 Å². The van der Waals surface area contributed by atoms with E-state index in [0.29, 0.717) is 22.7 Å². The summed E-state index contributed by atoms with van der Waals surface area (Å²) in [5, 5.41) is 18.8. The van der Waals surface area contributed by atoms with Gasteiger partial charge in [0, 0.05) is 24.5 Å². The molecule has 0 bridgehead atoms. The van der Waals surface area contributed by atoms with Crippen molar-refractivity contribution in [3.8, 4) is 5.69 Å². The van der Waals surface area contributed by atoms with Crippen LogP contribution in [0.1, 0.15) is 12.8 Å². The number of piperidine rings is 1. The van der Waals surface area contributed by atoms with E-state index < -0.39 is 0 Å². The van der Waals surface area contributed by atoms with Crippen LogP contribution >= 0.6 is 0 Å². The summed E-state index contributed by atoms with van der Waals surface area (Å²) in [5.74, 6) is 0.938. The number of anilines is 3. The zero-order valence-corrected chi connectivity index (χ0v) is 16.2. The van der Waals surface area contributed by atoms with E-state index in [1.807, 2.05) is 24.3 Å². The topological polar surface area (TPSA) is 125 Å². The highest BCUT2D eigenvalue weighted by molar-refractivity contribution is 5.91. The standard InChI is InChI=1S/C20H21N9O/c30-19-17-16(6-8-22-19)27-20(26-14-4-2-7-21-12-14)28-18(17)25-13-3-1-5-15(11-13)29-23-9-10-24-29/h1,3,5-6,8-11,14,21H,2,4,7,12H2,(H,22,30)(H2,25,26,27,28)/t14-/m1/s1. The van der Waals surface area contributed by atoms with Crippen molar-refractivity contribution in [2.24, 2.45) is 0 Å². The van der Waals surface area contributed by atoms with Crippen molar-refractivity contribution in [1.82, 2.24) is 35.3 Å². The number of fused-ring (bicyclic) bond motifs is 1.